The molecular formula is C12H19NOS. The number of hydrogen-bond acceptors (Lipinski definition) is 3. The summed E-state index contributed by atoms with van der Waals surface area (Å²) < 4.78 is 5.74. The van der Waals surface area contributed by atoms with Crippen molar-refractivity contribution in [3.8, 4) is 0 Å². The number of rotatable bonds is 5. The van der Waals surface area contributed by atoms with Gasteiger partial charge in [-0.1, -0.05) is 0 Å². The molecular weight excluding hydrogens is 206 g/mol. The summed E-state index contributed by atoms with van der Waals surface area (Å²) in [4.78, 5) is 0. The van der Waals surface area contributed by atoms with Crippen LogP contribution in [0.2, 0.25) is 0 Å². The Kier molecular flexibility index (Phi) is 4.18. The number of nitrogens with one attached hydrogen (secondary N) is 1. The molecule has 0 aliphatic carbocycles. The van der Waals surface area contributed by atoms with Gasteiger partial charge < -0.3 is 10.1 Å². The minimum absolute atomic E-state index is 0.447. The first kappa shape index (κ1) is 11.1. The summed E-state index contributed by atoms with van der Waals surface area (Å²) >= 11 is 1.77. The highest BCUT2D eigenvalue weighted by molar-refractivity contribution is 7.07. The number of hydrogen-bond donors (Lipinski definition) is 1. The van der Waals surface area contributed by atoms with Gasteiger partial charge in [-0.15, -0.1) is 0 Å². The van der Waals surface area contributed by atoms with E-state index in [9.17, 15) is 0 Å². The normalized spacial score (nSPS) is 25.9. The molecule has 2 atom stereocenters. The van der Waals surface area contributed by atoms with Crippen LogP contribution >= 0.6 is 11.3 Å². The Bertz CT molecular complexity index is 273. The molecule has 1 aromatic heterocycles. The predicted molar refractivity (Wildman–Crippen MR) is 64.5 cm³/mol. The molecule has 2 nitrogen and oxygen atoms in total. The van der Waals surface area contributed by atoms with E-state index in [2.05, 4.69) is 29.1 Å². The third-order valence-corrected chi connectivity index (χ3v) is 3.59. The van der Waals surface area contributed by atoms with Crippen molar-refractivity contribution in [2.75, 3.05) is 13.1 Å². The van der Waals surface area contributed by atoms with Gasteiger partial charge in [-0.3, -0.25) is 0 Å². The third kappa shape index (κ3) is 3.59. The lowest BCUT2D eigenvalue weighted by atomic mass is 10.2. The second-order valence-corrected chi connectivity index (χ2v) is 5.01. The average molecular weight is 225 g/mol. The highest BCUT2D eigenvalue weighted by Gasteiger charge is 2.20. The molecule has 1 N–H and O–H groups in total. The fourth-order valence-electron chi connectivity index (χ4n) is 1.97. The molecule has 0 bridgehead atoms. The Morgan fingerprint density at radius 1 is 1.53 bits per heavy atom. The number of thiophene rings is 1. The molecule has 2 unspecified atom stereocenters. The second kappa shape index (κ2) is 5.64. The summed E-state index contributed by atoms with van der Waals surface area (Å²) in [7, 11) is 0. The van der Waals surface area contributed by atoms with E-state index in [1.165, 1.54) is 18.4 Å². The van der Waals surface area contributed by atoms with Crippen LogP contribution in [0.15, 0.2) is 16.8 Å². The zero-order valence-corrected chi connectivity index (χ0v) is 10.1. The molecule has 1 fully saturated rings. The van der Waals surface area contributed by atoms with E-state index in [0.29, 0.717) is 12.2 Å². The Morgan fingerprint density at radius 2 is 2.47 bits per heavy atom. The second-order valence-electron chi connectivity index (χ2n) is 4.23. The minimum atomic E-state index is 0.447. The van der Waals surface area contributed by atoms with Crippen molar-refractivity contribution in [3.05, 3.63) is 22.4 Å². The van der Waals surface area contributed by atoms with Crippen molar-refractivity contribution in [2.24, 2.45) is 0 Å². The van der Waals surface area contributed by atoms with Gasteiger partial charge in [-0.25, -0.2) is 0 Å². The van der Waals surface area contributed by atoms with Crippen molar-refractivity contribution >= 4 is 11.3 Å². The van der Waals surface area contributed by atoms with Crippen LogP contribution in [0.5, 0.6) is 0 Å². The van der Waals surface area contributed by atoms with Gasteiger partial charge in [0, 0.05) is 6.54 Å². The average Bonchev–Trinajstić information content (AvgIpc) is 2.84. The van der Waals surface area contributed by atoms with E-state index < -0.39 is 0 Å². The van der Waals surface area contributed by atoms with Crippen molar-refractivity contribution < 1.29 is 4.74 Å². The fraction of sp³-hybridized carbons (Fsp3) is 0.667. The monoisotopic (exact) mass is 225 g/mol. The van der Waals surface area contributed by atoms with Gasteiger partial charge in [0.1, 0.15) is 0 Å². The van der Waals surface area contributed by atoms with E-state index in [1.54, 1.807) is 11.3 Å². The van der Waals surface area contributed by atoms with Crippen LogP contribution in [0.3, 0.4) is 0 Å². The van der Waals surface area contributed by atoms with Crippen LogP contribution in [0, 0.1) is 0 Å². The summed E-state index contributed by atoms with van der Waals surface area (Å²) in [5, 5.41) is 7.82. The molecule has 0 amide bonds. The topological polar surface area (TPSA) is 21.3 Å². The van der Waals surface area contributed by atoms with E-state index >= 15 is 0 Å². The van der Waals surface area contributed by atoms with Gasteiger partial charge in [-0.05, 0) is 55.1 Å². The summed E-state index contributed by atoms with van der Waals surface area (Å²) in [5.41, 5.74) is 1.44. The van der Waals surface area contributed by atoms with Gasteiger partial charge in [0.25, 0.3) is 0 Å². The smallest absolute Gasteiger partial charge is 0.0704 e. The van der Waals surface area contributed by atoms with Crippen LogP contribution in [-0.4, -0.2) is 25.3 Å². The molecule has 0 aromatic carbocycles. The van der Waals surface area contributed by atoms with Gasteiger partial charge >= 0.3 is 0 Å². The van der Waals surface area contributed by atoms with Crippen LogP contribution in [0.1, 0.15) is 25.3 Å². The highest BCUT2D eigenvalue weighted by atomic mass is 32.1. The maximum absolute atomic E-state index is 5.74. The zero-order chi connectivity index (χ0) is 10.5. The quantitative estimate of drug-likeness (QED) is 0.777. The van der Waals surface area contributed by atoms with E-state index in [1.807, 2.05) is 0 Å². The largest absolute Gasteiger partial charge is 0.374 e. The minimum Gasteiger partial charge on any atom is -0.374 e. The van der Waals surface area contributed by atoms with E-state index in [-0.39, 0.29) is 0 Å². The molecule has 1 aromatic rings. The molecule has 3 heteroatoms. The lowest BCUT2D eigenvalue weighted by Crippen LogP contribution is -2.28. The standard InChI is InChI=1S/C12H19NOS/c1-10-2-3-12(14-10)8-13-6-4-11-5-7-15-9-11/h5,7,9-10,12-13H,2-4,6,8H2,1H3. The maximum atomic E-state index is 5.74. The molecule has 0 spiro atoms. The molecule has 1 saturated heterocycles. The summed E-state index contributed by atoms with van der Waals surface area (Å²) in [5.74, 6) is 0. The Labute approximate surface area is 95.6 Å². The predicted octanol–water partition coefficient (Wildman–Crippen LogP) is 2.45. The molecule has 1 aliphatic heterocycles. The van der Waals surface area contributed by atoms with Gasteiger partial charge in [0.05, 0.1) is 12.2 Å². The van der Waals surface area contributed by atoms with Crippen LogP contribution < -0.4 is 5.32 Å². The van der Waals surface area contributed by atoms with Crippen LogP contribution in [-0.2, 0) is 11.2 Å². The van der Waals surface area contributed by atoms with E-state index in [0.717, 1.165) is 19.5 Å². The van der Waals surface area contributed by atoms with Gasteiger partial charge in [0.2, 0.25) is 0 Å². The first-order valence-corrected chi connectivity index (χ1v) is 6.66. The summed E-state index contributed by atoms with van der Waals surface area (Å²) in [6.07, 6.45) is 4.48. The molecule has 0 radical (unpaired) electrons. The highest BCUT2D eigenvalue weighted by Crippen LogP contribution is 2.18. The fourth-order valence-corrected chi connectivity index (χ4v) is 2.67. The van der Waals surface area contributed by atoms with Crippen molar-refractivity contribution in [1.29, 1.82) is 0 Å². The van der Waals surface area contributed by atoms with Crippen LogP contribution in [0.25, 0.3) is 0 Å². The molecule has 15 heavy (non-hydrogen) atoms. The Balaban J connectivity index is 1.55. The van der Waals surface area contributed by atoms with E-state index in [4.69, 9.17) is 4.74 Å². The molecule has 2 heterocycles. The molecule has 84 valence electrons. The first-order valence-electron chi connectivity index (χ1n) is 5.72. The van der Waals surface area contributed by atoms with Gasteiger partial charge in [-0.2, -0.15) is 11.3 Å². The Morgan fingerprint density at radius 3 is 3.13 bits per heavy atom. The van der Waals surface area contributed by atoms with Crippen molar-refractivity contribution in [1.82, 2.24) is 5.32 Å². The Hall–Kier alpha value is -0.380. The third-order valence-electron chi connectivity index (χ3n) is 2.86. The van der Waals surface area contributed by atoms with Crippen molar-refractivity contribution in [3.63, 3.8) is 0 Å². The molecule has 1 aliphatic rings. The lowest BCUT2D eigenvalue weighted by Gasteiger charge is -2.11. The lowest BCUT2D eigenvalue weighted by molar-refractivity contribution is 0.0562. The zero-order valence-electron chi connectivity index (χ0n) is 9.24. The molecule has 0 saturated carbocycles. The SMILES string of the molecule is CC1CCC(CNCCc2ccsc2)O1. The van der Waals surface area contributed by atoms with Crippen LogP contribution in [0.4, 0.5) is 0 Å². The molecule has 2 rings (SSSR count). The number of ether oxygens (including phenoxy) is 1. The summed E-state index contributed by atoms with van der Waals surface area (Å²) in [6, 6.07) is 2.19. The summed E-state index contributed by atoms with van der Waals surface area (Å²) in [6.45, 7) is 4.23. The van der Waals surface area contributed by atoms with Crippen molar-refractivity contribution in [2.45, 2.75) is 38.4 Å². The first-order chi connectivity index (χ1) is 7.34. The maximum Gasteiger partial charge on any atom is 0.0704 e. The van der Waals surface area contributed by atoms with Gasteiger partial charge in [0.15, 0.2) is 0 Å².